The summed E-state index contributed by atoms with van der Waals surface area (Å²) in [6.07, 6.45) is 0.816. The zero-order valence-corrected chi connectivity index (χ0v) is 5.68. The largest absolute Gasteiger partial charge is 0.543 e. The van der Waals surface area contributed by atoms with Gasteiger partial charge in [0.25, 0.3) is 0 Å². The molecule has 1 aromatic rings. The normalized spacial score (nSPS) is 9.33. The Bertz CT molecular complexity index is 307. The Morgan fingerprint density at radius 3 is 1.83 bits per heavy atom. The molecule has 0 aliphatic carbocycles. The summed E-state index contributed by atoms with van der Waals surface area (Å²) < 4.78 is 0. The number of carbonyl (C=O) groups is 2. The highest BCUT2D eigenvalue weighted by atomic mass is 16.4. The first-order chi connectivity index (χ1) is 5.61. The van der Waals surface area contributed by atoms with Crippen LogP contribution < -0.4 is 10.2 Å². The lowest BCUT2D eigenvalue weighted by atomic mass is 10.3. The van der Waals surface area contributed by atoms with Gasteiger partial charge in [0.15, 0.2) is 0 Å². The summed E-state index contributed by atoms with van der Waals surface area (Å²) in [7, 11) is 0. The molecule has 0 saturated heterocycles. The average Bonchev–Trinajstić information content (AvgIpc) is 2.04. The highest BCUT2D eigenvalue weighted by Gasteiger charge is 1.99. The van der Waals surface area contributed by atoms with E-state index in [0.29, 0.717) is 0 Å². The third kappa shape index (κ3) is 1.54. The van der Waals surface area contributed by atoms with Gasteiger partial charge in [0.1, 0.15) is 6.33 Å². The zero-order valence-electron chi connectivity index (χ0n) is 5.68. The van der Waals surface area contributed by atoms with Gasteiger partial charge in [-0.05, 0) is 6.07 Å². The van der Waals surface area contributed by atoms with Crippen LogP contribution in [0, 0.1) is 0 Å². The Hall–Kier alpha value is -1.98. The van der Waals surface area contributed by atoms with Crippen LogP contribution in [0.25, 0.3) is 0 Å². The van der Waals surface area contributed by atoms with Gasteiger partial charge in [0.05, 0.1) is 23.3 Å². The molecule has 0 aliphatic heterocycles. The van der Waals surface area contributed by atoms with Crippen molar-refractivity contribution in [2.24, 2.45) is 0 Å². The Balaban J connectivity index is 3.12. The number of aromatic nitrogens is 2. The molecule has 0 aliphatic rings. The SMILES string of the molecule is O=C([O-])c1cc(C(=O)[O-])ncn1. The van der Waals surface area contributed by atoms with Gasteiger partial charge in [0, 0.05) is 0 Å². The van der Waals surface area contributed by atoms with Crippen LogP contribution in [0.4, 0.5) is 0 Å². The second-order valence-electron chi connectivity index (χ2n) is 1.86. The van der Waals surface area contributed by atoms with Crippen molar-refractivity contribution in [1.82, 2.24) is 9.97 Å². The third-order valence-corrected chi connectivity index (χ3v) is 1.09. The maximum absolute atomic E-state index is 10.2. The van der Waals surface area contributed by atoms with Gasteiger partial charge >= 0.3 is 0 Å². The van der Waals surface area contributed by atoms with E-state index in [0.717, 1.165) is 12.4 Å². The lowest BCUT2D eigenvalue weighted by Crippen LogP contribution is -2.27. The molecular weight excluding hydrogens is 164 g/mol. The Morgan fingerprint density at radius 2 is 1.50 bits per heavy atom. The summed E-state index contributed by atoms with van der Waals surface area (Å²) in [6, 6.07) is 0.769. The maximum atomic E-state index is 10.2. The van der Waals surface area contributed by atoms with E-state index in [1.54, 1.807) is 0 Å². The van der Waals surface area contributed by atoms with E-state index in [-0.39, 0.29) is 0 Å². The minimum atomic E-state index is -1.56. The van der Waals surface area contributed by atoms with Crippen LogP contribution in [-0.4, -0.2) is 21.9 Å². The fraction of sp³-hybridized carbons (Fsp3) is 0. The molecule has 6 nitrogen and oxygen atoms in total. The van der Waals surface area contributed by atoms with E-state index in [2.05, 4.69) is 9.97 Å². The van der Waals surface area contributed by atoms with Gasteiger partial charge < -0.3 is 19.8 Å². The molecule has 1 aromatic heterocycles. The molecule has 0 bridgehead atoms. The Kier molecular flexibility index (Phi) is 2.00. The van der Waals surface area contributed by atoms with E-state index in [1.807, 2.05) is 0 Å². The minimum absolute atomic E-state index is 0.482. The molecule has 62 valence electrons. The fourth-order valence-electron chi connectivity index (χ4n) is 0.581. The minimum Gasteiger partial charge on any atom is -0.543 e. The van der Waals surface area contributed by atoms with Gasteiger partial charge in [-0.1, -0.05) is 0 Å². The van der Waals surface area contributed by atoms with Crippen molar-refractivity contribution >= 4 is 11.9 Å². The highest BCUT2D eigenvalue weighted by Crippen LogP contribution is 1.94. The van der Waals surface area contributed by atoms with Gasteiger partial charge in [-0.2, -0.15) is 0 Å². The quantitative estimate of drug-likeness (QED) is 0.469. The van der Waals surface area contributed by atoms with Crippen LogP contribution in [0.15, 0.2) is 12.4 Å². The van der Waals surface area contributed by atoms with Crippen molar-refractivity contribution in [2.45, 2.75) is 0 Å². The predicted octanol–water partition coefficient (Wildman–Crippen LogP) is -2.80. The van der Waals surface area contributed by atoms with Crippen LogP contribution in [0.3, 0.4) is 0 Å². The van der Waals surface area contributed by atoms with E-state index >= 15 is 0 Å². The van der Waals surface area contributed by atoms with Crippen molar-refractivity contribution in [3.05, 3.63) is 23.8 Å². The lowest BCUT2D eigenvalue weighted by Gasteiger charge is -2.03. The van der Waals surface area contributed by atoms with Crippen molar-refractivity contribution in [1.29, 1.82) is 0 Å². The standard InChI is InChI=1S/C6H4N2O4/c9-5(10)3-1-4(6(11)12)8-2-7-3/h1-2H,(H,9,10)(H,11,12)/p-2. The summed E-state index contributed by atoms with van der Waals surface area (Å²) in [5.41, 5.74) is -0.964. The monoisotopic (exact) mass is 166 g/mol. The molecule has 0 spiro atoms. The number of nitrogens with zero attached hydrogens (tertiary/aromatic N) is 2. The second kappa shape index (κ2) is 2.95. The van der Waals surface area contributed by atoms with E-state index < -0.39 is 23.3 Å². The molecular formula is C6H2N2O4-2. The maximum Gasteiger partial charge on any atom is 0.116 e. The number of hydrogen-bond donors (Lipinski definition) is 0. The molecule has 0 aromatic carbocycles. The predicted molar refractivity (Wildman–Crippen MR) is 30.7 cm³/mol. The molecule has 0 radical (unpaired) electrons. The smallest absolute Gasteiger partial charge is 0.116 e. The van der Waals surface area contributed by atoms with Gasteiger partial charge in [-0.3, -0.25) is 0 Å². The molecule has 6 heteroatoms. The molecule has 0 saturated carbocycles. The van der Waals surface area contributed by atoms with E-state index in [4.69, 9.17) is 0 Å². The number of carboxylic acid groups (broad SMARTS) is 2. The van der Waals surface area contributed by atoms with Crippen molar-refractivity contribution in [3.8, 4) is 0 Å². The number of carbonyl (C=O) groups excluding carboxylic acids is 2. The third-order valence-electron chi connectivity index (χ3n) is 1.09. The molecule has 1 rings (SSSR count). The average molecular weight is 166 g/mol. The Labute approximate surface area is 66.5 Å². The van der Waals surface area contributed by atoms with Gasteiger partial charge in [-0.25, -0.2) is 9.97 Å². The molecule has 0 unspecified atom stereocenters. The highest BCUT2D eigenvalue weighted by molar-refractivity contribution is 5.88. The molecule has 1 heterocycles. The number of rotatable bonds is 2. The zero-order chi connectivity index (χ0) is 9.14. The van der Waals surface area contributed by atoms with Crippen molar-refractivity contribution in [3.63, 3.8) is 0 Å². The number of carboxylic acids is 2. The van der Waals surface area contributed by atoms with Crippen molar-refractivity contribution in [2.75, 3.05) is 0 Å². The van der Waals surface area contributed by atoms with Gasteiger partial charge in [-0.15, -0.1) is 0 Å². The van der Waals surface area contributed by atoms with Crippen LogP contribution in [0.2, 0.25) is 0 Å². The lowest BCUT2D eigenvalue weighted by molar-refractivity contribution is -0.255. The molecule has 12 heavy (non-hydrogen) atoms. The number of hydrogen-bond acceptors (Lipinski definition) is 6. The van der Waals surface area contributed by atoms with Crippen LogP contribution in [0.5, 0.6) is 0 Å². The molecule has 0 atom stereocenters. The summed E-state index contributed by atoms with van der Waals surface area (Å²) in [4.78, 5) is 26.8. The first-order valence-electron chi connectivity index (χ1n) is 2.86. The topological polar surface area (TPSA) is 106 Å². The Morgan fingerprint density at radius 1 is 1.08 bits per heavy atom. The summed E-state index contributed by atoms with van der Waals surface area (Å²) >= 11 is 0. The summed E-state index contributed by atoms with van der Waals surface area (Å²) in [5.74, 6) is -3.11. The summed E-state index contributed by atoms with van der Waals surface area (Å²) in [6.45, 7) is 0. The van der Waals surface area contributed by atoms with Gasteiger partial charge in [0.2, 0.25) is 0 Å². The number of aromatic carboxylic acids is 2. The summed E-state index contributed by atoms with van der Waals surface area (Å²) in [5, 5.41) is 20.3. The van der Waals surface area contributed by atoms with Crippen LogP contribution in [-0.2, 0) is 0 Å². The molecule has 0 fully saturated rings. The first kappa shape index (κ1) is 8.12. The van der Waals surface area contributed by atoms with E-state index in [1.165, 1.54) is 0 Å². The fourth-order valence-corrected chi connectivity index (χ4v) is 0.581. The van der Waals surface area contributed by atoms with Crippen molar-refractivity contribution < 1.29 is 19.8 Å². The molecule has 0 N–H and O–H groups in total. The van der Waals surface area contributed by atoms with Crippen LogP contribution in [0.1, 0.15) is 21.0 Å². The van der Waals surface area contributed by atoms with E-state index in [9.17, 15) is 19.8 Å². The van der Waals surface area contributed by atoms with Crippen LogP contribution >= 0.6 is 0 Å². The first-order valence-corrected chi connectivity index (χ1v) is 2.86. The molecule has 0 amide bonds. The second-order valence-corrected chi connectivity index (χ2v) is 1.86.